The first-order chi connectivity index (χ1) is 11.4. The Morgan fingerprint density at radius 2 is 1.38 bits per heavy atom. The van der Waals surface area contributed by atoms with Gasteiger partial charge in [0.05, 0.1) is 13.2 Å². The quantitative estimate of drug-likeness (QED) is 0.332. The van der Waals surface area contributed by atoms with E-state index < -0.39 is 18.3 Å². The third-order valence-corrected chi connectivity index (χ3v) is 4.50. The molecule has 0 aromatic carbocycles. The minimum absolute atomic E-state index is 0.215. The van der Waals surface area contributed by atoms with Crippen molar-refractivity contribution in [3.05, 3.63) is 0 Å². The number of hydrogen-bond acceptors (Lipinski definition) is 5. The summed E-state index contributed by atoms with van der Waals surface area (Å²) in [7, 11) is 0. The first-order valence-corrected chi connectivity index (χ1v) is 9.35. The van der Waals surface area contributed by atoms with Gasteiger partial charge in [0.25, 0.3) is 0 Å². The number of aliphatic hydroxyl groups is 2. The Labute approximate surface area is 146 Å². The Balaban J connectivity index is 4.23. The fourth-order valence-corrected chi connectivity index (χ4v) is 2.85. The second-order valence-electron chi connectivity index (χ2n) is 6.67. The molecule has 0 spiro atoms. The second-order valence-corrected chi connectivity index (χ2v) is 6.67. The lowest BCUT2D eigenvalue weighted by atomic mass is 9.88. The highest BCUT2D eigenvalue weighted by atomic mass is 16.5. The second kappa shape index (κ2) is 13.5. The molecule has 0 aliphatic carbocycles. The van der Waals surface area contributed by atoms with Gasteiger partial charge in [-0.25, -0.2) is 0 Å². The molecule has 2 N–H and O–H groups in total. The molecular weight excluding hydrogens is 308 g/mol. The first kappa shape index (κ1) is 23.2. The molecule has 0 fully saturated rings. The van der Waals surface area contributed by atoms with Crippen molar-refractivity contribution in [2.75, 3.05) is 13.2 Å². The summed E-state index contributed by atoms with van der Waals surface area (Å²) in [6, 6.07) is 0. The zero-order valence-electron chi connectivity index (χ0n) is 15.7. The largest absolute Gasteiger partial charge is 0.394 e. The van der Waals surface area contributed by atoms with Crippen molar-refractivity contribution >= 4 is 11.6 Å². The van der Waals surface area contributed by atoms with Crippen LogP contribution in [-0.4, -0.2) is 46.7 Å². The first-order valence-electron chi connectivity index (χ1n) is 9.35. The highest BCUT2D eigenvalue weighted by Crippen LogP contribution is 2.24. The molecule has 0 saturated carbocycles. The van der Waals surface area contributed by atoms with Crippen LogP contribution in [0.3, 0.4) is 0 Å². The zero-order valence-corrected chi connectivity index (χ0v) is 15.7. The van der Waals surface area contributed by atoms with E-state index in [0.717, 1.165) is 19.3 Å². The molecule has 0 aliphatic heterocycles. The molecule has 5 heteroatoms. The van der Waals surface area contributed by atoms with E-state index in [0.29, 0.717) is 6.42 Å². The molecular formula is C19H36O5. The van der Waals surface area contributed by atoms with E-state index in [1.54, 1.807) is 0 Å². The number of aliphatic hydroxyl groups excluding tert-OH is 2. The van der Waals surface area contributed by atoms with E-state index in [1.807, 2.05) is 0 Å². The van der Waals surface area contributed by atoms with Crippen molar-refractivity contribution in [3.63, 3.8) is 0 Å². The zero-order chi connectivity index (χ0) is 18.4. The van der Waals surface area contributed by atoms with Gasteiger partial charge in [-0.3, -0.25) is 9.59 Å². The van der Waals surface area contributed by atoms with E-state index in [2.05, 4.69) is 6.92 Å². The van der Waals surface area contributed by atoms with Crippen molar-refractivity contribution in [1.82, 2.24) is 0 Å². The maximum Gasteiger partial charge on any atom is 0.183 e. The summed E-state index contributed by atoms with van der Waals surface area (Å²) in [5.74, 6) is -0.667. The lowest BCUT2D eigenvalue weighted by Gasteiger charge is -2.29. The van der Waals surface area contributed by atoms with Crippen LogP contribution in [0.4, 0.5) is 0 Å². The molecule has 0 radical (unpaired) electrons. The highest BCUT2D eigenvalue weighted by molar-refractivity contribution is 6.08. The lowest BCUT2D eigenvalue weighted by Crippen LogP contribution is -2.48. The van der Waals surface area contributed by atoms with Crippen molar-refractivity contribution in [3.8, 4) is 0 Å². The molecule has 1 unspecified atom stereocenters. The number of Topliss-reactive ketones (excluding diaryl/α,β-unsaturated/α-hetero) is 2. The van der Waals surface area contributed by atoms with E-state index in [-0.39, 0.29) is 18.2 Å². The van der Waals surface area contributed by atoms with Crippen molar-refractivity contribution < 1.29 is 24.5 Å². The predicted octanol–water partition coefficient (Wildman–Crippen LogP) is 3.19. The van der Waals surface area contributed by atoms with Gasteiger partial charge < -0.3 is 14.9 Å². The van der Waals surface area contributed by atoms with Gasteiger partial charge in [-0.2, -0.15) is 0 Å². The van der Waals surface area contributed by atoms with Crippen LogP contribution in [0.2, 0.25) is 0 Å². The molecule has 0 heterocycles. The van der Waals surface area contributed by atoms with Crippen LogP contribution in [0.15, 0.2) is 0 Å². The normalized spacial score (nSPS) is 13.0. The number of carbonyl (C=O) groups is 2. The highest BCUT2D eigenvalue weighted by Gasteiger charge is 2.41. The maximum atomic E-state index is 12.0. The van der Waals surface area contributed by atoms with Crippen LogP contribution in [0.1, 0.15) is 85.0 Å². The Morgan fingerprint density at radius 3 is 1.79 bits per heavy atom. The Kier molecular flexibility index (Phi) is 13.1. The molecule has 142 valence electrons. The predicted molar refractivity (Wildman–Crippen MR) is 95.0 cm³/mol. The van der Waals surface area contributed by atoms with E-state index in [1.165, 1.54) is 52.4 Å². The average molecular weight is 344 g/mol. The Hall–Kier alpha value is -0.780. The fraction of sp³-hybridized carbons (Fsp3) is 0.895. The number of hydrogen-bond donors (Lipinski definition) is 2. The minimum Gasteiger partial charge on any atom is -0.394 e. The molecule has 1 atom stereocenters. The van der Waals surface area contributed by atoms with E-state index >= 15 is 0 Å². The minimum atomic E-state index is -1.47. The average Bonchev–Trinajstić information content (AvgIpc) is 2.55. The molecule has 0 saturated heterocycles. The number of ketones is 2. The van der Waals surface area contributed by atoms with Gasteiger partial charge in [0.2, 0.25) is 0 Å². The van der Waals surface area contributed by atoms with Crippen LogP contribution in [0.5, 0.6) is 0 Å². The standard InChI is InChI=1S/C19H36O5/c1-4-5-6-7-8-9-10-11-12-13-19(16(2)21,17(3)22)24-15-18(23)14-20/h18,20,23H,4-15H2,1-3H3. The molecule has 0 aromatic heterocycles. The third kappa shape index (κ3) is 8.90. The van der Waals surface area contributed by atoms with Crippen LogP contribution in [-0.2, 0) is 14.3 Å². The van der Waals surface area contributed by atoms with Gasteiger partial charge in [0, 0.05) is 0 Å². The molecule has 0 amide bonds. The summed E-state index contributed by atoms with van der Waals surface area (Å²) in [5.41, 5.74) is -1.47. The Morgan fingerprint density at radius 1 is 0.917 bits per heavy atom. The van der Waals surface area contributed by atoms with Gasteiger partial charge in [-0.05, 0) is 26.7 Å². The SMILES string of the molecule is CCCCCCCCCCCC(OCC(O)CO)(C(C)=O)C(C)=O. The van der Waals surface area contributed by atoms with Gasteiger partial charge in [-0.15, -0.1) is 0 Å². The van der Waals surface area contributed by atoms with Crippen molar-refractivity contribution in [2.45, 2.75) is 96.7 Å². The Bertz CT molecular complexity index is 340. The smallest absolute Gasteiger partial charge is 0.183 e. The van der Waals surface area contributed by atoms with Gasteiger partial charge in [0.1, 0.15) is 6.10 Å². The number of carbonyl (C=O) groups excluding carboxylic acids is 2. The van der Waals surface area contributed by atoms with Crippen LogP contribution >= 0.6 is 0 Å². The number of ether oxygens (including phenoxy) is 1. The summed E-state index contributed by atoms with van der Waals surface area (Å²) in [6.07, 6.45) is 9.61. The summed E-state index contributed by atoms with van der Waals surface area (Å²) in [6.45, 7) is 4.23. The third-order valence-electron chi connectivity index (χ3n) is 4.50. The molecule has 0 aromatic rings. The van der Waals surface area contributed by atoms with Gasteiger partial charge in [0.15, 0.2) is 17.2 Å². The monoisotopic (exact) mass is 344 g/mol. The molecule has 0 rings (SSSR count). The summed E-state index contributed by atoms with van der Waals surface area (Å²) >= 11 is 0. The topological polar surface area (TPSA) is 83.8 Å². The van der Waals surface area contributed by atoms with Crippen molar-refractivity contribution in [2.24, 2.45) is 0 Å². The van der Waals surface area contributed by atoms with Crippen molar-refractivity contribution in [1.29, 1.82) is 0 Å². The van der Waals surface area contributed by atoms with Gasteiger partial charge in [-0.1, -0.05) is 58.3 Å². The maximum absolute atomic E-state index is 12.0. The number of unbranched alkanes of at least 4 members (excludes halogenated alkanes) is 8. The molecule has 5 nitrogen and oxygen atoms in total. The number of rotatable bonds is 16. The summed E-state index contributed by atoms with van der Waals surface area (Å²) < 4.78 is 5.47. The van der Waals surface area contributed by atoms with Crippen LogP contribution < -0.4 is 0 Å². The van der Waals surface area contributed by atoms with E-state index in [9.17, 15) is 14.7 Å². The van der Waals surface area contributed by atoms with Crippen LogP contribution in [0, 0.1) is 0 Å². The molecule has 0 bridgehead atoms. The summed E-state index contributed by atoms with van der Waals surface area (Å²) in [5, 5.41) is 18.3. The fourth-order valence-electron chi connectivity index (χ4n) is 2.85. The molecule has 24 heavy (non-hydrogen) atoms. The molecule has 0 aliphatic rings. The van der Waals surface area contributed by atoms with E-state index in [4.69, 9.17) is 9.84 Å². The summed E-state index contributed by atoms with van der Waals surface area (Å²) in [4.78, 5) is 24.0. The lowest BCUT2D eigenvalue weighted by molar-refractivity contribution is -0.161. The van der Waals surface area contributed by atoms with Gasteiger partial charge >= 0.3 is 0 Å². The van der Waals surface area contributed by atoms with Crippen LogP contribution in [0.25, 0.3) is 0 Å².